The molecule has 0 atom stereocenters. The fraction of sp³-hybridized carbons (Fsp3) is 0.133. The highest BCUT2D eigenvalue weighted by molar-refractivity contribution is 6.52. The number of hydrogen-bond donors (Lipinski definition) is 0. The first-order valence-corrected chi connectivity index (χ1v) is 12.2. The molecular weight excluding hydrogens is 463 g/mol. The number of anilines is 2. The molecule has 4 amide bonds. The van der Waals surface area contributed by atoms with Gasteiger partial charge >= 0.3 is 0 Å². The first-order valence-electron chi connectivity index (χ1n) is 12.2. The normalized spacial score (nSPS) is 15.0. The summed E-state index contributed by atoms with van der Waals surface area (Å²) in [4.78, 5) is 50.9. The van der Waals surface area contributed by atoms with Gasteiger partial charge in [-0.25, -0.2) is 9.80 Å². The summed E-state index contributed by atoms with van der Waals surface area (Å²) in [7, 11) is 0.943. The van der Waals surface area contributed by atoms with Crippen molar-refractivity contribution in [2.24, 2.45) is 0 Å². The Kier molecular flexibility index (Phi) is 6.21. The number of amides is 4. The lowest BCUT2D eigenvalue weighted by molar-refractivity contribution is -0.121. The molecule has 37 heavy (non-hydrogen) atoms. The summed E-state index contributed by atoms with van der Waals surface area (Å²) in [5.74, 6) is -1.56. The van der Waals surface area contributed by atoms with Gasteiger partial charge < -0.3 is 0 Å². The van der Waals surface area contributed by atoms with Crippen molar-refractivity contribution < 1.29 is 19.2 Å². The summed E-state index contributed by atoms with van der Waals surface area (Å²) < 4.78 is 0. The molecule has 0 aromatic heterocycles. The molecule has 2 aliphatic rings. The van der Waals surface area contributed by atoms with Crippen LogP contribution in [0.3, 0.4) is 0 Å². The topological polar surface area (TPSA) is 74.8 Å². The van der Waals surface area contributed by atoms with Crippen LogP contribution in [0.2, 0.25) is 6.82 Å². The number of benzene rings is 3. The Balaban J connectivity index is 1.57. The molecule has 0 saturated heterocycles. The van der Waals surface area contributed by atoms with Crippen LogP contribution in [-0.2, 0) is 19.2 Å². The lowest BCUT2D eigenvalue weighted by Crippen LogP contribution is -2.29. The van der Waals surface area contributed by atoms with Gasteiger partial charge in [-0.1, -0.05) is 54.2 Å². The van der Waals surface area contributed by atoms with E-state index in [1.165, 1.54) is 35.3 Å². The quantitative estimate of drug-likeness (QED) is 0.303. The number of hydrogen-bond acceptors (Lipinski definition) is 4. The fourth-order valence-electron chi connectivity index (χ4n) is 5.08. The van der Waals surface area contributed by atoms with Crippen molar-refractivity contribution >= 4 is 47.7 Å². The number of aryl methyl sites for hydroxylation is 2. The first kappa shape index (κ1) is 24.2. The third-order valence-electron chi connectivity index (χ3n) is 7.00. The number of carbonyl (C=O) groups is 4. The Labute approximate surface area is 216 Å². The van der Waals surface area contributed by atoms with Crippen LogP contribution in [0.25, 0.3) is 0 Å². The van der Waals surface area contributed by atoms with E-state index in [-0.39, 0.29) is 29.5 Å². The second kappa shape index (κ2) is 9.50. The van der Waals surface area contributed by atoms with Crippen LogP contribution in [-0.4, -0.2) is 30.9 Å². The van der Waals surface area contributed by atoms with Gasteiger partial charge in [0.05, 0.1) is 11.4 Å². The molecule has 0 fully saturated rings. The number of imide groups is 2. The van der Waals surface area contributed by atoms with Crippen LogP contribution in [0.5, 0.6) is 0 Å². The van der Waals surface area contributed by atoms with Gasteiger partial charge in [-0.05, 0) is 60.4 Å². The van der Waals surface area contributed by atoms with Crippen molar-refractivity contribution in [3.8, 4) is 0 Å². The molecule has 3 aromatic rings. The van der Waals surface area contributed by atoms with Gasteiger partial charge in [0.25, 0.3) is 23.6 Å². The fourth-order valence-corrected chi connectivity index (χ4v) is 5.08. The predicted octanol–water partition coefficient (Wildman–Crippen LogP) is 3.45. The Morgan fingerprint density at radius 3 is 1.38 bits per heavy atom. The zero-order valence-corrected chi connectivity index (χ0v) is 20.9. The van der Waals surface area contributed by atoms with Crippen molar-refractivity contribution in [2.45, 2.75) is 26.6 Å². The van der Waals surface area contributed by atoms with E-state index in [9.17, 15) is 19.2 Å². The minimum Gasteiger partial charge on any atom is -0.269 e. The maximum atomic E-state index is 12.1. The zero-order valence-electron chi connectivity index (χ0n) is 20.9. The molecule has 0 saturated carbocycles. The average Bonchev–Trinajstić information content (AvgIpc) is 3.41. The largest absolute Gasteiger partial charge is 0.269 e. The lowest BCUT2D eigenvalue weighted by Gasteiger charge is -2.24. The van der Waals surface area contributed by atoms with Crippen LogP contribution in [0.15, 0.2) is 85.0 Å². The highest BCUT2D eigenvalue weighted by atomic mass is 16.2. The predicted molar refractivity (Wildman–Crippen MR) is 146 cm³/mol. The monoisotopic (exact) mass is 488 g/mol. The van der Waals surface area contributed by atoms with E-state index >= 15 is 0 Å². The smallest absolute Gasteiger partial charge is 0.258 e. The van der Waals surface area contributed by atoms with Crippen molar-refractivity contribution in [3.05, 3.63) is 113 Å². The summed E-state index contributed by atoms with van der Waals surface area (Å²) >= 11 is 0. The molecule has 3 aromatic carbocycles. The summed E-state index contributed by atoms with van der Waals surface area (Å²) in [5, 5.41) is 0. The first-order chi connectivity index (χ1) is 17.8. The maximum absolute atomic E-state index is 12.1. The molecular formula is C30H25BN2O4. The van der Waals surface area contributed by atoms with Gasteiger partial charge in [0, 0.05) is 30.2 Å². The van der Waals surface area contributed by atoms with E-state index < -0.39 is 0 Å². The van der Waals surface area contributed by atoms with Crippen LogP contribution in [0.1, 0.15) is 33.7 Å². The molecule has 0 N–H and O–H groups in total. The van der Waals surface area contributed by atoms with Crippen molar-refractivity contribution in [1.29, 1.82) is 0 Å². The second-order valence-electron chi connectivity index (χ2n) is 9.30. The van der Waals surface area contributed by atoms with Gasteiger partial charge in [-0.3, -0.25) is 19.2 Å². The highest BCUT2D eigenvalue weighted by Crippen LogP contribution is 2.36. The van der Waals surface area contributed by atoms with Crippen molar-refractivity contribution in [3.63, 3.8) is 0 Å². The molecule has 6 nitrogen and oxygen atoms in total. The SMILES string of the molecule is CBc1cc(C)c(C(c2ccc(N3C(=O)C=CC3=O)cc2)c2ccc(N3C(=O)C=CC3=O)cc2)cc1C. The second-order valence-corrected chi connectivity index (χ2v) is 9.30. The summed E-state index contributed by atoms with van der Waals surface area (Å²) in [6.45, 7) is 6.35. The lowest BCUT2D eigenvalue weighted by atomic mass is 9.69. The maximum Gasteiger partial charge on any atom is 0.258 e. The molecule has 0 radical (unpaired) electrons. The summed E-state index contributed by atoms with van der Waals surface area (Å²) in [6, 6.07) is 19.3. The molecule has 0 aliphatic carbocycles. The van der Waals surface area contributed by atoms with E-state index in [0.717, 1.165) is 39.3 Å². The Hall–Kier alpha value is -4.52. The molecule has 0 bridgehead atoms. The van der Waals surface area contributed by atoms with Crippen LogP contribution in [0, 0.1) is 13.8 Å². The molecule has 2 heterocycles. The van der Waals surface area contributed by atoms with Gasteiger partial charge in [-0.2, -0.15) is 0 Å². The van der Waals surface area contributed by atoms with Crippen LogP contribution < -0.4 is 15.3 Å². The molecule has 2 aliphatic heterocycles. The van der Waals surface area contributed by atoms with Gasteiger partial charge in [-0.15, -0.1) is 0 Å². The summed E-state index contributed by atoms with van der Waals surface area (Å²) in [6.07, 6.45) is 5.08. The van der Waals surface area contributed by atoms with E-state index in [1.54, 1.807) is 24.3 Å². The Morgan fingerprint density at radius 2 is 1.00 bits per heavy atom. The number of rotatable bonds is 6. The van der Waals surface area contributed by atoms with Crippen LogP contribution >= 0.6 is 0 Å². The highest BCUT2D eigenvalue weighted by Gasteiger charge is 2.27. The molecule has 0 unspecified atom stereocenters. The third kappa shape index (κ3) is 4.33. The average molecular weight is 488 g/mol. The number of carbonyl (C=O) groups excluding carboxylic acids is 4. The van der Waals surface area contributed by atoms with E-state index in [4.69, 9.17) is 0 Å². The van der Waals surface area contributed by atoms with Gasteiger partial charge in [0.15, 0.2) is 7.28 Å². The Morgan fingerprint density at radius 1 is 0.595 bits per heavy atom. The zero-order chi connectivity index (χ0) is 26.3. The van der Waals surface area contributed by atoms with Crippen molar-refractivity contribution in [1.82, 2.24) is 0 Å². The minimum absolute atomic E-state index is 0.140. The van der Waals surface area contributed by atoms with E-state index in [2.05, 4.69) is 32.8 Å². The third-order valence-corrected chi connectivity index (χ3v) is 7.00. The minimum atomic E-state index is -0.355. The standard InChI is InChI=1S/C30H25BN2O4/c1-18-17-25(31-3)19(2)16-24(18)30(20-4-8-22(9-5-20)32-26(34)12-13-27(32)35)21-6-10-23(11-7-21)33-28(36)14-15-29(33)37/h4-17,30-31H,1-3H3. The molecule has 182 valence electrons. The van der Waals surface area contributed by atoms with Crippen LogP contribution in [0.4, 0.5) is 11.4 Å². The summed E-state index contributed by atoms with van der Waals surface area (Å²) in [5.41, 5.74) is 7.82. The van der Waals surface area contributed by atoms with Gasteiger partial charge in [0.1, 0.15) is 0 Å². The Bertz CT molecular complexity index is 1380. The molecule has 7 heteroatoms. The number of nitrogens with zero attached hydrogens (tertiary/aromatic N) is 2. The van der Waals surface area contributed by atoms with Crippen molar-refractivity contribution in [2.75, 3.05) is 9.80 Å². The molecule has 0 spiro atoms. The van der Waals surface area contributed by atoms with E-state index in [1.807, 2.05) is 24.3 Å². The van der Waals surface area contributed by atoms with E-state index in [0.29, 0.717) is 11.4 Å². The van der Waals surface area contributed by atoms with Gasteiger partial charge in [0.2, 0.25) is 0 Å². The molecule has 5 rings (SSSR count).